The van der Waals surface area contributed by atoms with Gasteiger partial charge in [0.1, 0.15) is 0 Å². The molecule has 0 radical (unpaired) electrons. The third-order valence-corrected chi connectivity index (χ3v) is 3.71. The first-order valence-corrected chi connectivity index (χ1v) is 6.70. The fourth-order valence-corrected chi connectivity index (χ4v) is 2.47. The first kappa shape index (κ1) is 11.5. The topological polar surface area (TPSA) is 29.1 Å². The molecule has 1 N–H and O–H groups in total. The van der Waals surface area contributed by atoms with Gasteiger partial charge in [0.25, 0.3) is 0 Å². The zero-order chi connectivity index (χ0) is 12.5. The molecule has 1 amide bonds. The number of benzene rings is 2. The molecule has 3 rings (SSSR count). The van der Waals surface area contributed by atoms with Crippen molar-refractivity contribution >= 4 is 27.5 Å². The standard InChI is InChI=1S/C15H12BrNO/c16-13-5-1-10(2-6-13)11-3-7-14-12(9-11)4-8-15(18)17-14/h1-3,5-7,9H,4,8H2,(H,17,18). The number of fused-ring (bicyclic) bond motifs is 1. The highest BCUT2D eigenvalue weighted by Gasteiger charge is 2.14. The third kappa shape index (κ3) is 2.18. The Balaban J connectivity index is 1.99. The van der Waals surface area contributed by atoms with Crippen molar-refractivity contribution in [3.63, 3.8) is 0 Å². The van der Waals surface area contributed by atoms with E-state index in [-0.39, 0.29) is 5.91 Å². The van der Waals surface area contributed by atoms with Crippen LogP contribution in [0.1, 0.15) is 12.0 Å². The molecule has 2 nitrogen and oxygen atoms in total. The number of carbonyl (C=O) groups excluding carboxylic acids is 1. The van der Waals surface area contributed by atoms with Gasteiger partial charge in [-0.3, -0.25) is 4.79 Å². The van der Waals surface area contributed by atoms with Gasteiger partial charge >= 0.3 is 0 Å². The number of aryl methyl sites for hydroxylation is 1. The van der Waals surface area contributed by atoms with E-state index in [0.717, 1.165) is 16.6 Å². The molecule has 0 aliphatic carbocycles. The molecule has 0 fully saturated rings. The highest BCUT2D eigenvalue weighted by atomic mass is 79.9. The number of hydrogen-bond acceptors (Lipinski definition) is 1. The largest absolute Gasteiger partial charge is 0.326 e. The van der Waals surface area contributed by atoms with Crippen LogP contribution < -0.4 is 5.32 Å². The maximum absolute atomic E-state index is 11.3. The van der Waals surface area contributed by atoms with Crippen molar-refractivity contribution in [2.24, 2.45) is 0 Å². The maximum atomic E-state index is 11.3. The molecule has 90 valence electrons. The van der Waals surface area contributed by atoms with E-state index in [1.165, 1.54) is 16.7 Å². The molecule has 2 aromatic carbocycles. The van der Waals surface area contributed by atoms with Gasteiger partial charge in [-0.2, -0.15) is 0 Å². The van der Waals surface area contributed by atoms with Gasteiger partial charge in [0.05, 0.1) is 0 Å². The summed E-state index contributed by atoms with van der Waals surface area (Å²) in [6.45, 7) is 0. The fourth-order valence-electron chi connectivity index (χ4n) is 2.21. The highest BCUT2D eigenvalue weighted by molar-refractivity contribution is 9.10. The van der Waals surface area contributed by atoms with Crippen molar-refractivity contribution in [2.75, 3.05) is 5.32 Å². The predicted octanol–water partition coefficient (Wildman–Crippen LogP) is 4.00. The SMILES string of the molecule is O=C1CCc2cc(-c3ccc(Br)cc3)ccc2N1. The zero-order valence-electron chi connectivity index (χ0n) is 9.74. The van der Waals surface area contributed by atoms with Crippen molar-refractivity contribution in [3.8, 4) is 11.1 Å². The Morgan fingerprint density at radius 1 is 0.944 bits per heavy atom. The number of halogens is 1. The van der Waals surface area contributed by atoms with Crippen molar-refractivity contribution in [1.82, 2.24) is 0 Å². The maximum Gasteiger partial charge on any atom is 0.224 e. The van der Waals surface area contributed by atoms with Crippen LogP contribution in [0.4, 0.5) is 5.69 Å². The summed E-state index contributed by atoms with van der Waals surface area (Å²) in [6, 6.07) is 14.5. The van der Waals surface area contributed by atoms with Gasteiger partial charge in [-0.25, -0.2) is 0 Å². The number of hydrogen-bond donors (Lipinski definition) is 1. The highest BCUT2D eigenvalue weighted by Crippen LogP contribution is 2.29. The van der Waals surface area contributed by atoms with Crippen LogP contribution in [0.15, 0.2) is 46.9 Å². The quantitative estimate of drug-likeness (QED) is 0.847. The van der Waals surface area contributed by atoms with Crippen molar-refractivity contribution < 1.29 is 4.79 Å². The first-order chi connectivity index (χ1) is 8.72. The minimum Gasteiger partial charge on any atom is -0.326 e. The second-order valence-electron chi connectivity index (χ2n) is 4.43. The number of amides is 1. The average Bonchev–Trinajstić information content (AvgIpc) is 2.39. The van der Waals surface area contributed by atoms with Crippen LogP contribution in [0.25, 0.3) is 11.1 Å². The van der Waals surface area contributed by atoms with Crippen molar-refractivity contribution in [3.05, 3.63) is 52.5 Å². The Morgan fingerprint density at radius 2 is 1.67 bits per heavy atom. The van der Waals surface area contributed by atoms with E-state index < -0.39 is 0 Å². The van der Waals surface area contributed by atoms with Gasteiger partial charge in [-0.1, -0.05) is 34.1 Å². The van der Waals surface area contributed by atoms with Crippen LogP contribution in [0, 0.1) is 0 Å². The van der Waals surface area contributed by atoms with Crippen LogP contribution in [-0.4, -0.2) is 5.91 Å². The van der Waals surface area contributed by atoms with Crippen LogP contribution >= 0.6 is 15.9 Å². The Bertz CT molecular complexity index is 604. The lowest BCUT2D eigenvalue weighted by Crippen LogP contribution is -2.18. The van der Waals surface area contributed by atoms with Crippen LogP contribution in [0.5, 0.6) is 0 Å². The molecule has 1 aliphatic rings. The molecular formula is C15H12BrNO. The van der Waals surface area contributed by atoms with Crippen LogP contribution in [-0.2, 0) is 11.2 Å². The van der Waals surface area contributed by atoms with Gasteiger partial charge in [0.2, 0.25) is 5.91 Å². The van der Waals surface area contributed by atoms with Gasteiger partial charge in [0.15, 0.2) is 0 Å². The minimum atomic E-state index is 0.110. The van der Waals surface area contributed by atoms with Crippen LogP contribution in [0.2, 0.25) is 0 Å². The van der Waals surface area contributed by atoms with E-state index in [1.807, 2.05) is 24.3 Å². The summed E-state index contributed by atoms with van der Waals surface area (Å²) in [5.74, 6) is 0.110. The van der Waals surface area contributed by atoms with E-state index >= 15 is 0 Å². The molecular weight excluding hydrogens is 290 g/mol. The molecule has 3 heteroatoms. The molecule has 0 unspecified atom stereocenters. The monoisotopic (exact) mass is 301 g/mol. The van der Waals surface area contributed by atoms with Gasteiger partial charge in [-0.15, -0.1) is 0 Å². The van der Waals surface area contributed by atoms with Gasteiger partial charge in [0, 0.05) is 16.6 Å². The van der Waals surface area contributed by atoms with E-state index in [2.05, 4.69) is 39.4 Å². The molecule has 0 spiro atoms. The molecule has 0 atom stereocenters. The summed E-state index contributed by atoms with van der Waals surface area (Å²) in [6.07, 6.45) is 1.41. The average molecular weight is 302 g/mol. The molecule has 0 bridgehead atoms. The number of anilines is 1. The predicted molar refractivity (Wildman–Crippen MR) is 76.5 cm³/mol. The third-order valence-electron chi connectivity index (χ3n) is 3.18. The zero-order valence-corrected chi connectivity index (χ0v) is 11.3. The van der Waals surface area contributed by atoms with Gasteiger partial charge < -0.3 is 5.32 Å². The van der Waals surface area contributed by atoms with Crippen molar-refractivity contribution in [1.29, 1.82) is 0 Å². The summed E-state index contributed by atoms with van der Waals surface area (Å²) >= 11 is 3.44. The Hall–Kier alpha value is -1.61. The minimum absolute atomic E-state index is 0.110. The molecule has 18 heavy (non-hydrogen) atoms. The number of nitrogens with one attached hydrogen (secondary N) is 1. The van der Waals surface area contributed by atoms with E-state index in [1.54, 1.807) is 0 Å². The van der Waals surface area contributed by atoms with Crippen molar-refractivity contribution in [2.45, 2.75) is 12.8 Å². The summed E-state index contributed by atoms with van der Waals surface area (Å²) in [5.41, 5.74) is 4.55. The second kappa shape index (κ2) is 4.58. The Labute approximate surface area is 114 Å². The molecule has 1 heterocycles. The van der Waals surface area contributed by atoms with Gasteiger partial charge in [-0.05, 0) is 47.4 Å². The molecule has 0 saturated carbocycles. The number of rotatable bonds is 1. The first-order valence-electron chi connectivity index (χ1n) is 5.91. The summed E-state index contributed by atoms with van der Waals surface area (Å²) < 4.78 is 1.08. The molecule has 2 aromatic rings. The lowest BCUT2D eigenvalue weighted by atomic mass is 9.97. The summed E-state index contributed by atoms with van der Waals surface area (Å²) in [5, 5.41) is 2.90. The molecule has 0 aromatic heterocycles. The summed E-state index contributed by atoms with van der Waals surface area (Å²) in [4.78, 5) is 11.3. The Morgan fingerprint density at radius 3 is 2.44 bits per heavy atom. The van der Waals surface area contributed by atoms with E-state index in [9.17, 15) is 4.79 Å². The van der Waals surface area contributed by atoms with Crippen LogP contribution in [0.3, 0.4) is 0 Å². The van der Waals surface area contributed by atoms with E-state index in [0.29, 0.717) is 6.42 Å². The Kier molecular flexibility index (Phi) is 2.92. The molecule has 0 saturated heterocycles. The summed E-state index contributed by atoms with van der Waals surface area (Å²) in [7, 11) is 0. The fraction of sp³-hybridized carbons (Fsp3) is 0.133. The lowest BCUT2D eigenvalue weighted by molar-refractivity contribution is -0.116. The smallest absolute Gasteiger partial charge is 0.224 e. The number of carbonyl (C=O) groups is 1. The normalized spacial score (nSPS) is 13.9. The molecule has 1 aliphatic heterocycles. The lowest BCUT2D eigenvalue weighted by Gasteiger charge is -2.17. The van der Waals surface area contributed by atoms with E-state index in [4.69, 9.17) is 0 Å². The second-order valence-corrected chi connectivity index (χ2v) is 5.34.